The fraction of sp³-hybridized carbons (Fsp3) is 0.273. The highest BCUT2D eigenvalue weighted by atomic mass is 79.9. The van der Waals surface area contributed by atoms with E-state index in [-0.39, 0.29) is 29.4 Å². The molecule has 0 fully saturated rings. The number of aromatic nitrogens is 1. The van der Waals surface area contributed by atoms with Gasteiger partial charge in [0.2, 0.25) is 0 Å². The molecule has 2 aromatic rings. The Morgan fingerprint density at radius 3 is 2.68 bits per heavy atom. The van der Waals surface area contributed by atoms with Crippen molar-refractivity contribution in [1.82, 2.24) is 4.57 Å². The zero-order valence-corrected chi connectivity index (χ0v) is 12.8. The van der Waals surface area contributed by atoms with Gasteiger partial charge < -0.3 is 8.75 Å². The summed E-state index contributed by atoms with van der Waals surface area (Å²) >= 11 is 3.01. The van der Waals surface area contributed by atoms with Crippen LogP contribution < -0.4 is 4.18 Å². The molecule has 2 rings (SSSR count). The molecule has 0 bridgehead atoms. The first-order valence-electron chi connectivity index (χ1n) is 5.27. The molecule has 19 heavy (non-hydrogen) atoms. The molecule has 5 nitrogen and oxygen atoms in total. The van der Waals surface area contributed by atoms with Crippen molar-refractivity contribution in [2.24, 2.45) is 7.05 Å². The number of benzene rings is 1. The van der Waals surface area contributed by atoms with Crippen molar-refractivity contribution in [2.75, 3.05) is 0 Å². The van der Waals surface area contributed by atoms with Crippen LogP contribution in [0, 0.1) is 24.0 Å². The zero-order valence-electron chi connectivity index (χ0n) is 10.4. The van der Waals surface area contributed by atoms with E-state index < -0.39 is 4.92 Å². The van der Waals surface area contributed by atoms with Crippen molar-refractivity contribution >= 4 is 44.9 Å². The first-order valence-corrected chi connectivity index (χ1v) is 6.71. The summed E-state index contributed by atoms with van der Waals surface area (Å²) in [4.78, 5) is 10.8. The van der Waals surface area contributed by atoms with Gasteiger partial charge in [-0.2, -0.15) is 0 Å². The van der Waals surface area contributed by atoms with E-state index in [1.165, 1.54) is 6.92 Å². The average Bonchev–Trinajstić information content (AvgIpc) is 2.60. The molecule has 0 radical (unpaired) electrons. The molecule has 0 saturated heterocycles. The predicted octanol–water partition coefficient (Wildman–Crippen LogP) is 4.38. The lowest BCUT2D eigenvalue weighted by Crippen LogP contribution is -1.99. The Labute approximate surface area is 121 Å². The molecule has 1 aromatic heterocycles. The minimum atomic E-state index is -0.473. The lowest BCUT2D eigenvalue weighted by Gasteiger charge is -2.10. The number of hydrogen-bond acceptors (Lipinski definition) is 4. The van der Waals surface area contributed by atoms with Crippen molar-refractivity contribution in [3.05, 3.63) is 31.9 Å². The lowest BCUT2D eigenvalue weighted by atomic mass is 10.1. The summed E-state index contributed by atoms with van der Waals surface area (Å²) in [6, 6.07) is 0. The number of hydrogen-bond donors (Lipinski definition) is 0. The second-order valence-corrected chi connectivity index (χ2v) is 5.25. The summed E-state index contributed by atoms with van der Waals surface area (Å²) in [6.45, 7) is 3.37. The molecular formula is C11H10BrFN2O3S. The molecule has 0 saturated carbocycles. The summed E-state index contributed by atoms with van der Waals surface area (Å²) in [7, 11) is 1.73. The highest BCUT2D eigenvalue weighted by Crippen LogP contribution is 2.45. The first-order chi connectivity index (χ1) is 8.90. The van der Waals surface area contributed by atoms with Gasteiger partial charge in [0, 0.05) is 18.6 Å². The fourth-order valence-corrected chi connectivity index (χ4v) is 3.52. The highest BCUT2D eigenvalue weighted by molar-refractivity contribution is 9.10. The molecule has 0 unspecified atom stereocenters. The van der Waals surface area contributed by atoms with Crippen LogP contribution in [0.3, 0.4) is 0 Å². The standard InChI is InChI=1S/C11H10BrFN2O3S/c1-5-4-14(3)10-7(5)8(12)11(18-19-13)6(2)9(10)15(16)17/h4H,1-3H3. The molecule has 1 aromatic carbocycles. The first kappa shape index (κ1) is 14.1. The van der Waals surface area contributed by atoms with Gasteiger partial charge in [0.25, 0.3) is 18.1 Å². The third-order valence-electron chi connectivity index (χ3n) is 3.01. The van der Waals surface area contributed by atoms with Crippen molar-refractivity contribution < 1.29 is 13.0 Å². The van der Waals surface area contributed by atoms with Crippen LogP contribution in [0.4, 0.5) is 9.57 Å². The van der Waals surface area contributed by atoms with Gasteiger partial charge in [0.15, 0.2) is 5.75 Å². The normalized spacial score (nSPS) is 11.0. The summed E-state index contributed by atoms with van der Waals surface area (Å²) < 4.78 is 19.4. The Hall–Kier alpha value is -1.28. The smallest absolute Gasteiger partial charge is 0.300 e. The van der Waals surface area contributed by atoms with Crippen LogP contribution in [-0.2, 0) is 7.05 Å². The quantitative estimate of drug-likeness (QED) is 0.469. The second-order valence-electron chi connectivity index (χ2n) is 4.17. The number of halogens is 2. The minimum Gasteiger partial charge on any atom is -0.395 e. The number of nitrogens with zero attached hydrogens (tertiary/aromatic N) is 2. The molecule has 0 N–H and O–H groups in total. The molecule has 0 aliphatic carbocycles. The van der Waals surface area contributed by atoms with Gasteiger partial charge in [-0.3, -0.25) is 10.1 Å². The van der Waals surface area contributed by atoms with Crippen LogP contribution in [0.2, 0.25) is 0 Å². The van der Waals surface area contributed by atoms with E-state index in [1.54, 1.807) is 17.8 Å². The second kappa shape index (κ2) is 5.01. The summed E-state index contributed by atoms with van der Waals surface area (Å²) in [6.07, 6.45) is 1.79. The molecule has 0 spiro atoms. The largest absolute Gasteiger partial charge is 0.395 e. The van der Waals surface area contributed by atoms with Crippen LogP contribution in [-0.4, -0.2) is 9.49 Å². The monoisotopic (exact) mass is 348 g/mol. The predicted molar refractivity (Wildman–Crippen MR) is 76.1 cm³/mol. The van der Waals surface area contributed by atoms with Crippen molar-refractivity contribution in [2.45, 2.75) is 13.8 Å². The Morgan fingerprint density at radius 2 is 2.16 bits per heavy atom. The fourth-order valence-electron chi connectivity index (χ4n) is 2.26. The van der Waals surface area contributed by atoms with Gasteiger partial charge in [0.05, 0.1) is 15.0 Å². The maximum atomic E-state index is 12.4. The van der Waals surface area contributed by atoms with E-state index in [0.717, 1.165) is 5.56 Å². The van der Waals surface area contributed by atoms with Gasteiger partial charge in [-0.05, 0) is 35.3 Å². The molecule has 1 heterocycles. The Balaban J connectivity index is 3.01. The van der Waals surface area contributed by atoms with E-state index in [4.69, 9.17) is 4.18 Å². The Bertz CT molecular complexity index is 687. The van der Waals surface area contributed by atoms with E-state index in [9.17, 15) is 14.0 Å². The minimum absolute atomic E-state index is 0.0714. The number of rotatable bonds is 3. The molecule has 0 atom stereocenters. The molecule has 0 aliphatic heterocycles. The van der Waals surface area contributed by atoms with Crippen LogP contribution in [0.1, 0.15) is 11.1 Å². The van der Waals surface area contributed by atoms with Crippen LogP contribution in [0.25, 0.3) is 10.9 Å². The van der Waals surface area contributed by atoms with Crippen LogP contribution in [0.15, 0.2) is 10.7 Å². The summed E-state index contributed by atoms with van der Waals surface area (Å²) in [5.74, 6) is 0.140. The van der Waals surface area contributed by atoms with E-state index in [0.29, 0.717) is 15.4 Å². The summed E-state index contributed by atoms with van der Waals surface area (Å²) in [5, 5.41) is 11.9. The topological polar surface area (TPSA) is 57.3 Å². The van der Waals surface area contributed by atoms with E-state index in [1.807, 2.05) is 6.92 Å². The van der Waals surface area contributed by atoms with Gasteiger partial charge in [-0.15, -0.1) is 3.89 Å². The Morgan fingerprint density at radius 1 is 1.53 bits per heavy atom. The van der Waals surface area contributed by atoms with Gasteiger partial charge >= 0.3 is 0 Å². The highest BCUT2D eigenvalue weighted by Gasteiger charge is 2.28. The average molecular weight is 349 g/mol. The number of nitro groups is 1. The number of nitro benzene ring substituents is 1. The molecular weight excluding hydrogens is 339 g/mol. The van der Waals surface area contributed by atoms with Crippen molar-refractivity contribution in [3.63, 3.8) is 0 Å². The summed E-state index contributed by atoms with van der Waals surface area (Å²) in [5.41, 5.74) is 1.55. The van der Waals surface area contributed by atoms with E-state index in [2.05, 4.69) is 15.9 Å². The van der Waals surface area contributed by atoms with Crippen molar-refractivity contribution in [1.29, 1.82) is 0 Å². The third kappa shape index (κ3) is 2.08. The molecule has 0 amide bonds. The molecule has 0 aliphatic rings. The maximum absolute atomic E-state index is 12.4. The van der Waals surface area contributed by atoms with Crippen LogP contribution in [0.5, 0.6) is 5.75 Å². The van der Waals surface area contributed by atoms with Crippen molar-refractivity contribution in [3.8, 4) is 5.75 Å². The number of aryl methyl sites for hydroxylation is 2. The molecule has 102 valence electrons. The maximum Gasteiger partial charge on any atom is 0.300 e. The van der Waals surface area contributed by atoms with Gasteiger partial charge in [-0.25, -0.2) is 0 Å². The van der Waals surface area contributed by atoms with Gasteiger partial charge in [-0.1, -0.05) is 0 Å². The van der Waals surface area contributed by atoms with E-state index >= 15 is 0 Å². The van der Waals surface area contributed by atoms with Crippen LogP contribution >= 0.6 is 28.4 Å². The van der Waals surface area contributed by atoms with Gasteiger partial charge in [0.1, 0.15) is 5.52 Å². The zero-order chi connectivity index (χ0) is 14.3. The Kier molecular flexibility index (Phi) is 3.73. The SMILES string of the molecule is Cc1c(OSF)c(Br)c2c(C)cn(C)c2c1[N+](=O)[O-]. The third-order valence-corrected chi connectivity index (χ3v) is 3.99. The number of fused-ring (bicyclic) bond motifs is 1. The molecule has 8 heteroatoms. The lowest BCUT2D eigenvalue weighted by molar-refractivity contribution is -0.383.